The summed E-state index contributed by atoms with van der Waals surface area (Å²) in [6.07, 6.45) is -0.990. The Kier molecular flexibility index (Phi) is 10.4. The molecule has 1 aromatic rings. The summed E-state index contributed by atoms with van der Waals surface area (Å²) in [7, 11) is -4.95. The van der Waals surface area contributed by atoms with Crippen LogP contribution in [0.25, 0.3) is 0 Å². The maximum absolute atomic E-state index is 13.4. The third-order valence-electron chi connectivity index (χ3n) is 6.42. The molecule has 0 aromatic heterocycles. The standard InChI is InChI=1S/C24H34ClN3O9S/c1-14(2)8-20(22(30)27-19(23(31)38(33,34)35)10-16-6-7-26-21(16)29)28-11-18(37-24(28)32)13-36-12-15-4-3-5-17(25)9-15/h3-5,9,14,16,18-20,23,31H,6-8,10-13H2,1-2H3,(H,26,29)(H,27,30)(H,33,34,35)/t16-,18?,19-,20-,23?/m0/s1. The fraction of sp³-hybridized carbons (Fsp3) is 0.625. The van der Waals surface area contributed by atoms with Crippen molar-refractivity contribution in [3.05, 3.63) is 34.9 Å². The number of aliphatic hydroxyl groups excluding tert-OH is 1. The van der Waals surface area contributed by atoms with Crippen LogP contribution in [0.4, 0.5) is 4.79 Å². The molecular weight excluding hydrogens is 542 g/mol. The Morgan fingerprint density at radius 1 is 1.34 bits per heavy atom. The van der Waals surface area contributed by atoms with Crippen LogP contribution in [0.15, 0.2) is 24.3 Å². The number of carbonyl (C=O) groups is 3. The van der Waals surface area contributed by atoms with Gasteiger partial charge in [0.1, 0.15) is 12.1 Å². The Morgan fingerprint density at radius 2 is 2.08 bits per heavy atom. The first kappa shape index (κ1) is 30.1. The van der Waals surface area contributed by atoms with Crippen LogP contribution >= 0.6 is 11.6 Å². The minimum atomic E-state index is -4.95. The Hall–Kier alpha value is -2.45. The summed E-state index contributed by atoms with van der Waals surface area (Å²) >= 11 is 5.98. The zero-order valence-corrected chi connectivity index (χ0v) is 22.8. The minimum absolute atomic E-state index is 0.0396. The van der Waals surface area contributed by atoms with Crippen molar-refractivity contribution in [1.82, 2.24) is 15.5 Å². The molecule has 0 saturated carbocycles. The predicted molar refractivity (Wildman–Crippen MR) is 137 cm³/mol. The van der Waals surface area contributed by atoms with E-state index in [1.807, 2.05) is 19.9 Å². The summed E-state index contributed by atoms with van der Waals surface area (Å²) in [5.74, 6) is -1.77. The molecular formula is C24H34ClN3O9S. The number of nitrogens with one attached hydrogen (secondary N) is 2. The van der Waals surface area contributed by atoms with Crippen LogP contribution in [0, 0.1) is 11.8 Å². The average molecular weight is 576 g/mol. The van der Waals surface area contributed by atoms with Crippen LogP contribution in [0.5, 0.6) is 0 Å². The van der Waals surface area contributed by atoms with Gasteiger partial charge in [-0.2, -0.15) is 8.42 Å². The molecule has 38 heavy (non-hydrogen) atoms. The number of ether oxygens (including phenoxy) is 2. The minimum Gasteiger partial charge on any atom is -0.442 e. The third-order valence-corrected chi connectivity index (χ3v) is 7.59. The van der Waals surface area contributed by atoms with Gasteiger partial charge in [0.2, 0.25) is 17.3 Å². The van der Waals surface area contributed by atoms with E-state index in [-0.39, 0.29) is 44.4 Å². The van der Waals surface area contributed by atoms with E-state index >= 15 is 0 Å². The van der Waals surface area contributed by atoms with Crippen molar-refractivity contribution in [3.8, 4) is 0 Å². The summed E-state index contributed by atoms with van der Waals surface area (Å²) in [6.45, 7) is 4.44. The van der Waals surface area contributed by atoms with Crippen LogP contribution < -0.4 is 10.6 Å². The number of cyclic esters (lactones) is 1. The maximum atomic E-state index is 13.4. The van der Waals surface area contributed by atoms with E-state index < -0.39 is 51.7 Å². The Balaban J connectivity index is 1.68. The van der Waals surface area contributed by atoms with Gasteiger partial charge >= 0.3 is 6.09 Å². The number of nitrogens with zero attached hydrogens (tertiary/aromatic N) is 1. The molecule has 2 unspecified atom stereocenters. The molecule has 0 spiro atoms. The van der Waals surface area contributed by atoms with E-state index in [0.717, 1.165) is 5.56 Å². The number of hydrogen-bond donors (Lipinski definition) is 4. The van der Waals surface area contributed by atoms with Gasteiger partial charge in [0, 0.05) is 17.5 Å². The number of rotatable bonds is 13. The molecule has 2 saturated heterocycles. The van der Waals surface area contributed by atoms with Crippen LogP contribution in [0.2, 0.25) is 5.02 Å². The molecule has 2 fully saturated rings. The second-order valence-corrected chi connectivity index (χ2v) is 11.9. The van der Waals surface area contributed by atoms with E-state index in [1.54, 1.807) is 18.2 Å². The molecule has 3 amide bonds. The van der Waals surface area contributed by atoms with Gasteiger partial charge in [-0.3, -0.25) is 19.0 Å². The first-order valence-corrected chi connectivity index (χ1v) is 14.2. The lowest BCUT2D eigenvalue weighted by Gasteiger charge is -2.30. The molecule has 1 aromatic carbocycles. The largest absolute Gasteiger partial charge is 0.442 e. The third kappa shape index (κ3) is 8.27. The van der Waals surface area contributed by atoms with Crippen molar-refractivity contribution in [2.45, 2.75) is 63.3 Å². The number of halogens is 1. The summed E-state index contributed by atoms with van der Waals surface area (Å²) in [4.78, 5) is 39.3. The molecule has 0 radical (unpaired) electrons. The lowest BCUT2D eigenvalue weighted by molar-refractivity contribution is -0.128. The number of aliphatic hydroxyl groups is 1. The maximum Gasteiger partial charge on any atom is 0.411 e. The van der Waals surface area contributed by atoms with E-state index in [9.17, 15) is 32.5 Å². The normalized spacial score (nSPS) is 22.2. The van der Waals surface area contributed by atoms with Gasteiger partial charge in [-0.1, -0.05) is 37.6 Å². The highest BCUT2D eigenvalue weighted by Gasteiger charge is 2.42. The highest BCUT2D eigenvalue weighted by molar-refractivity contribution is 7.86. The van der Waals surface area contributed by atoms with E-state index in [2.05, 4.69) is 10.6 Å². The Morgan fingerprint density at radius 3 is 2.68 bits per heavy atom. The number of hydrogen-bond acceptors (Lipinski definition) is 8. The smallest absolute Gasteiger partial charge is 0.411 e. The van der Waals surface area contributed by atoms with Crippen LogP contribution in [-0.2, 0) is 35.8 Å². The molecule has 4 N–H and O–H groups in total. The van der Waals surface area contributed by atoms with Crippen LogP contribution in [0.3, 0.4) is 0 Å². The van der Waals surface area contributed by atoms with Crippen LogP contribution in [0.1, 0.15) is 38.7 Å². The molecule has 0 aliphatic carbocycles. The molecule has 3 rings (SSSR count). The number of amides is 3. The average Bonchev–Trinajstić information content (AvgIpc) is 3.40. The second-order valence-electron chi connectivity index (χ2n) is 9.98. The van der Waals surface area contributed by atoms with E-state index in [1.165, 1.54) is 4.90 Å². The van der Waals surface area contributed by atoms with Gasteiger partial charge in [0.25, 0.3) is 10.1 Å². The van der Waals surface area contributed by atoms with Gasteiger partial charge in [0.15, 0.2) is 0 Å². The number of carbonyl (C=O) groups excluding carboxylic acids is 3. The SMILES string of the molecule is CC(C)C[C@@H](C(=O)N[C@@H](C[C@@H]1CCNC1=O)C(O)S(=O)(=O)O)N1CC(COCc2cccc(Cl)c2)OC1=O. The molecule has 2 heterocycles. The van der Waals surface area contributed by atoms with Crippen LogP contribution in [-0.4, -0.2) is 84.2 Å². The van der Waals surface area contributed by atoms with Crippen molar-refractivity contribution in [2.24, 2.45) is 11.8 Å². The first-order chi connectivity index (χ1) is 17.8. The monoisotopic (exact) mass is 575 g/mol. The number of benzene rings is 1. The van der Waals surface area contributed by atoms with E-state index in [0.29, 0.717) is 18.0 Å². The van der Waals surface area contributed by atoms with Gasteiger partial charge in [-0.15, -0.1) is 0 Å². The summed E-state index contributed by atoms with van der Waals surface area (Å²) in [5.41, 5.74) is -1.51. The fourth-order valence-corrected chi connectivity index (χ4v) is 5.36. The molecule has 5 atom stereocenters. The second kappa shape index (κ2) is 13.1. The Labute approximate surface area is 226 Å². The van der Waals surface area contributed by atoms with Gasteiger partial charge in [0.05, 0.1) is 25.8 Å². The van der Waals surface area contributed by atoms with Crippen molar-refractivity contribution >= 4 is 39.6 Å². The first-order valence-electron chi connectivity index (χ1n) is 12.4. The van der Waals surface area contributed by atoms with Crippen molar-refractivity contribution in [3.63, 3.8) is 0 Å². The Bertz CT molecular complexity index is 1120. The van der Waals surface area contributed by atoms with Crippen molar-refractivity contribution in [1.29, 1.82) is 0 Å². The van der Waals surface area contributed by atoms with Crippen molar-refractivity contribution in [2.75, 3.05) is 19.7 Å². The molecule has 2 aliphatic heterocycles. The predicted octanol–water partition coefficient (Wildman–Crippen LogP) is 1.31. The van der Waals surface area contributed by atoms with E-state index in [4.69, 9.17) is 21.1 Å². The highest BCUT2D eigenvalue weighted by Crippen LogP contribution is 2.23. The topological polar surface area (TPSA) is 172 Å². The lowest BCUT2D eigenvalue weighted by Crippen LogP contribution is -2.55. The van der Waals surface area contributed by atoms with Crippen molar-refractivity contribution < 1.29 is 41.9 Å². The summed E-state index contributed by atoms with van der Waals surface area (Å²) in [5, 5.41) is 15.9. The quantitative estimate of drug-likeness (QED) is 0.253. The van der Waals surface area contributed by atoms with Gasteiger partial charge in [-0.25, -0.2) is 4.79 Å². The summed E-state index contributed by atoms with van der Waals surface area (Å²) in [6, 6.07) is 4.60. The summed E-state index contributed by atoms with van der Waals surface area (Å²) < 4.78 is 43.8. The molecule has 0 bridgehead atoms. The molecule has 2 aliphatic rings. The van der Waals surface area contributed by atoms with Gasteiger partial charge < -0.3 is 25.2 Å². The highest BCUT2D eigenvalue weighted by atomic mass is 35.5. The molecule has 12 nitrogen and oxygen atoms in total. The molecule has 212 valence electrons. The zero-order valence-electron chi connectivity index (χ0n) is 21.2. The zero-order chi connectivity index (χ0) is 28.0. The lowest BCUT2D eigenvalue weighted by atomic mass is 9.97. The fourth-order valence-electron chi connectivity index (χ4n) is 4.55. The molecule has 14 heteroatoms. The van der Waals surface area contributed by atoms with Gasteiger partial charge in [-0.05, 0) is 42.9 Å².